The summed E-state index contributed by atoms with van der Waals surface area (Å²) < 4.78 is 11.9. The van der Waals surface area contributed by atoms with E-state index in [0.717, 1.165) is 40.7 Å². The van der Waals surface area contributed by atoms with E-state index in [-0.39, 0.29) is 17.5 Å². The Bertz CT molecular complexity index is 1190. The van der Waals surface area contributed by atoms with Crippen molar-refractivity contribution < 1.29 is 19.4 Å². The molecule has 2 aromatic carbocycles. The molecule has 2 fully saturated rings. The van der Waals surface area contributed by atoms with E-state index in [2.05, 4.69) is 11.1 Å². The number of likely N-dealkylation sites (tertiary alicyclic amines) is 1. The number of amides is 1. The predicted molar refractivity (Wildman–Crippen MR) is 133 cm³/mol. The van der Waals surface area contributed by atoms with Gasteiger partial charge in [-0.05, 0) is 54.7 Å². The molecule has 2 aliphatic rings. The number of hydrogen-bond donors (Lipinski definition) is 1. The standard InChI is InChI=1S/C28H29ClN2O4/c1-18-5-7-19(8-6-18)26(32)20-9-10-22(23(16-20)28-34-14-3-15-35-28)21-11-13-31(17-21)27(33)25-24(29)4-2-12-30-25/h2,4-10,12,16,21,26,28,32H,3,11,13-15,17H2,1H3. The zero-order valence-electron chi connectivity index (χ0n) is 19.7. The van der Waals surface area contributed by atoms with E-state index < -0.39 is 12.4 Å². The van der Waals surface area contributed by atoms with Crippen LogP contribution in [0.25, 0.3) is 0 Å². The van der Waals surface area contributed by atoms with Crippen LogP contribution in [-0.4, -0.2) is 47.2 Å². The van der Waals surface area contributed by atoms with E-state index in [1.807, 2.05) is 43.3 Å². The third-order valence-electron chi connectivity index (χ3n) is 6.78. The van der Waals surface area contributed by atoms with Crippen molar-refractivity contribution in [1.29, 1.82) is 0 Å². The van der Waals surface area contributed by atoms with Gasteiger partial charge in [-0.15, -0.1) is 0 Å². The number of ether oxygens (including phenoxy) is 2. The molecule has 0 radical (unpaired) electrons. The fraction of sp³-hybridized carbons (Fsp3) is 0.357. The highest BCUT2D eigenvalue weighted by atomic mass is 35.5. The zero-order valence-corrected chi connectivity index (χ0v) is 20.4. The fourth-order valence-electron chi connectivity index (χ4n) is 4.84. The van der Waals surface area contributed by atoms with Gasteiger partial charge in [-0.25, -0.2) is 4.98 Å². The van der Waals surface area contributed by atoms with E-state index >= 15 is 0 Å². The van der Waals surface area contributed by atoms with Crippen LogP contribution in [0.15, 0.2) is 60.8 Å². The molecule has 1 amide bonds. The van der Waals surface area contributed by atoms with Gasteiger partial charge in [0.1, 0.15) is 11.8 Å². The van der Waals surface area contributed by atoms with Crippen LogP contribution in [0.4, 0.5) is 0 Å². The lowest BCUT2D eigenvalue weighted by atomic mass is 9.89. The summed E-state index contributed by atoms with van der Waals surface area (Å²) in [6.07, 6.45) is 2.02. The average Bonchev–Trinajstić information content (AvgIpc) is 3.39. The number of aryl methyl sites for hydroxylation is 1. The number of benzene rings is 2. The maximum Gasteiger partial charge on any atom is 0.274 e. The first-order valence-electron chi connectivity index (χ1n) is 12.0. The van der Waals surface area contributed by atoms with E-state index in [4.69, 9.17) is 21.1 Å². The largest absolute Gasteiger partial charge is 0.384 e. The summed E-state index contributed by atoms with van der Waals surface area (Å²) in [5.41, 5.74) is 5.06. The number of aromatic nitrogens is 1. The van der Waals surface area contributed by atoms with Crippen LogP contribution in [0, 0.1) is 6.92 Å². The molecule has 3 aromatic rings. The molecule has 1 N–H and O–H groups in total. The van der Waals surface area contributed by atoms with Crippen molar-refractivity contribution in [2.24, 2.45) is 0 Å². The lowest BCUT2D eigenvalue weighted by Gasteiger charge is -2.28. The number of carbonyl (C=O) groups excluding carboxylic acids is 1. The van der Waals surface area contributed by atoms with Crippen LogP contribution in [0.5, 0.6) is 0 Å². The number of rotatable bonds is 5. The van der Waals surface area contributed by atoms with Crippen LogP contribution < -0.4 is 0 Å². The second-order valence-electron chi connectivity index (χ2n) is 9.20. The van der Waals surface area contributed by atoms with Crippen LogP contribution in [0.1, 0.15) is 69.5 Å². The summed E-state index contributed by atoms with van der Waals surface area (Å²) in [6.45, 7) is 4.46. The summed E-state index contributed by atoms with van der Waals surface area (Å²) in [6, 6.07) is 17.3. The second-order valence-corrected chi connectivity index (χ2v) is 9.61. The lowest BCUT2D eigenvalue weighted by Crippen LogP contribution is -2.29. The van der Waals surface area contributed by atoms with E-state index in [1.54, 1.807) is 23.2 Å². The number of pyridine rings is 1. The summed E-state index contributed by atoms with van der Waals surface area (Å²) in [7, 11) is 0. The molecule has 2 aliphatic heterocycles. The lowest BCUT2D eigenvalue weighted by molar-refractivity contribution is -0.183. The first-order valence-corrected chi connectivity index (χ1v) is 12.4. The van der Waals surface area contributed by atoms with Crippen molar-refractivity contribution in [3.05, 3.63) is 99.3 Å². The van der Waals surface area contributed by atoms with Crippen LogP contribution in [0.2, 0.25) is 5.02 Å². The number of halogens is 1. The van der Waals surface area contributed by atoms with Gasteiger partial charge < -0.3 is 19.5 Å². The van der Waals surface area contributed by atoms with Crippen molar-refractivity contribution in [1.82, 2.24) is 9.88 Å². The van der Waals surface area contributed by atoms with Gasteiger partial charge in [0.25, 0.3) is 5.91 Å². The normalized spacial score (nSPS) is 19.6. The molecule has 3 heterocycles. The van der Waals surface area contributed by atoms with Gasteiger partial charge in [-0.3, -0.25) is 4.79 Å². The molecule has 1 aromatic heterocycles. The Morgan fingerprint density at radius 2 is 1.83 bits per heavy atom. The number of carbonyl (C=O) groups is 1. The van der Waals surface area contributed by atoms with Crippen molar-refractivity contribution in [2.45, 2.75) is 38.1 Å². The van der Waals surface area contributed by atoms with Crippen LogP contribution in [0.3, 0.4) is 0 Å². The highest BCUT2D eigenvalue weighted by Crippen LogP contribution is 2.38. The second kappa shape index (κ2) is 10.5. The molecule has 0 aliphatic carbocycles. The number of aliphatic hydroxyl groups excluding tert-OH is 1. The SMILES string of the molecule is Cc1ccc(C(O)c2ccc(C3CCN(C(=O)c4ncccc4Cl)C3)c(C3OCCCO3)c2)cc1. The van der Waals surface area contributed by atoms with Crippen molar-refractivity contribution >= 4 is 17.5 Å². The minimum Gasteiger partial charge on any atom is -0.384 e. The maximum absolute atomic E-state index is 13.1. The average molecular weight is 493 g/mol. The molecule has 35 heavy (non-hydrogen) atoms. The fourth-order valence-corrected chi connectivity index (χ4v) is 5.04. The zero-order chi connectivity index (χ0) is 24.4. The highest BCUT2D eigenvalue weighted by molar-refractivity contribution is 6.33. The Hall–Kier alpha value is -2.77. The Morgan fingerprint density at radius 1 is 1.09 bits per heavy atom. The summed E-state index contributed by atoms with van der Waals surface area (Å²) in [4.78, 5) is 19.0. The Morgan fingerprint density at radius 3 is 2.57 bits per heavy atom. The van der Waals surface area contributed by atoms with Gasteiger partial charge in [0, 0.05) is 30.8 Å². The summed E-state index contributed by atoms with van der Waals surface area (Å²) in [5.74, 6) is -0.0349. The molecule has 0 bridgehead atoms. The van der Waals surface area contributed by atoms with E-state index in [1.165, 1.54) is 0 Å². The molecular formula is C28H29ClN2O4. The van der Waals surface area contributed by atoms with Crippen molar-refractivity contribution in [2.75, 3.05) is 26.3 Å². The van der Waals surface area contributed by atoms with E-state index in [0.29, 0.717) is 31.3 Å². The molecule has 7 heteroatoms. The topological polar surface area (TPSA) is 71.9 Å². The molecule has 6 nitrogen and oxygen atoms in total. The third-order valence-corrected chi connectivity index (χ3v) is 7.08. The summed E-state index contributed by atoms with van der Waals surface area (Å²) >= 11 is 6.22. The van der Waals surface area contributed by atoms with Gasteiger partial charge in [-0.2, -0.15) is 0 Å². The summed E-state index contributed by atoms with van der Waals surface area (Å²) in [5, 5.41) is 11.4. The van der Waals surface area contributed by atoms with Crippen LogP contribution >= 0.6 is 11.6 Å². The quantitative estimate of drug-likeness (QED) is 0.530. The highest BCUT2D eigenvalue weighted by Gasteiger charge is 2.33. The minimum atomic E-state index is -0.750. The number of aliphatic hydroxyl groups is 1. The molecule has 0 saturated carbocycles. The van der Waals surface area contributed by atoms with Gasteiger partial charge in [0.05, 0.1) is 18.2 Å². The van der Waals surface area contributed by atoms with Gasteiger partial charge >= 0.3 is 0 Å². The van der Waals surface area contributed by atoms with Gasteiger partial charge in [0.2, 0.25) is 0 Å². The van der Waals surface area contributed by atoms with E-state index in [9.17, 15) is 9.90 Å². The van der Waals surface area contributed by atoms with Gasteiger partial charge in [0.15, 0.2) is 6.29 Å². The van der Waals surface area contributed by atoms with Crippen molar-refractivity contribution in [3.63, 3.8) is 0 Å². The molecular weight excluding hydrogens is 464 g/mol. The Kier molecular flexibility index (Phi) is 7.16. The monoisotopic (exact) mass is 492 g/mol. The smallest absolute Gasteiger partial charge is 0.274 e. The number of nitrogens with zero attached hydrogens (tertiary/aromatic N) is 2. The third kappa shape index (κ3) is 5.11. The molecule has 2 atom stereocenters. The molecule has 182 valence electrons. The maximum atomic E-state index is 13.1. The minimum absolute atomic E-state index is 0.121. The Balaban J connectivity index is 1.42. The first kappa shape index (κ1) is 23.9. The number of hydrogen-bond acceptors (Lipinski definition) is 5. The first-order chi connectivity index (χ1) is 17.0. The molecule has 0 spiro atoms. The Labute approximate surface area is 210 Å². The molecule has 2 unspecified atom stereocenters. The van der Waals surface area contributed by atoms with Crippen molar-refractivity contribution in [3.8, 4) is 0 Å². The predicted octanol–water partition coefficient (Wildman–Crippen LogP) is 5.19. The molecule has 5 rings (SSSR count). The van der Waals surface area contributed by atoms with Gasteiger partial charge in [-0.1, -0.05) is 53.6 Å². The molecule has 2 saturated heterocycles. The van der Waals surface area contributed by atoms with Crippen LogP contribution in [-0.2, 0) is 9.47 Å².